The monoisotopic (exact) mass is 1170 g/mol. The Hall–Kier alpha value is -11.9. The second kappa shape index (κ2) is 21.2. The van der Waals surface area contributed by atoms with E-state index < -0.39 is 11.7 Å². The third kappa shape index (κ3) is 8.86. The van der Waals surface area contributed by atoms with Crippen LogP contribution in [0.5, 0.6) is 0 Å². The quantitative estimate of drug-likeness (QED) is 0.166. The van der Waals surface area contributed by atoms with Crippen LogP contribution in [0.3, 0.4) is 0 Å². The molecule has 90 heavy (non-hydrogen) atoms. The largest absolute Gasteiger partial charge is 0.416 e. The Balaban J connectivity index is 0.000000150. The lowest BCUT2D eigenvalue weighted by Crippen LogP contribution is -2.11. The Bertz CT molecular complexity index is 5540. The van der Waals surface area contributed by atoms with Crippen LogP contribution in [0.2, 0.25) is 0 Å². The average Bonchev–Trinajstić information content (AvgIpc) is 1.52. The lowest BCUT2D eigenvalue weighted by molar-refractivity contribution is -0.137. The van der Waals surface area contributed by atoms with Crippen molar-refractivity contribution in [2.24, 2.45) is 0 Å². The van der Waals surface area contributed by atoms with Gasteiger partial charge in [0.05, 0.1) is 107 Å². The van der Waals surface area contributed by atoms with Crippen molar-refractivity contribution in [3.05, 3.63) is 287 Å². The Morgan fingerprint density at radius 2 is 0.556 bits per heavy atom. The molecule has 0 amide bonds. The summed E-state index contributed by atoms with van der Waals surface area (Å²) in [4.78, 5) is 0. The fraction of sp³-hybridized carbons (Fsp3) is 0.0625. The van der Waals surface area contributed by atoms with Crippen LogP contribution in [0.25, 0.3) is 132 Å². The number of benzene rings is 12. The second-order valence-electron chi connectivity index (χ2n) is 23.3. The van der Waals surface area contributed by atoms with Crippen LogP contribution in [0, 0.1) is 61.7 Å². The van der Waals surface area contributed by atoms with Crippen molar-refractivity contribution < 1.29 is 13.2 Å². The maximum Gasteiger partial charge on any atom is 0.416 e. The van der Waals surface area contributed by atoms with Crippen LogP contribution in [-0.2, 0) is 6.18 Å². The van der Waals surface area contributed by atoms with Crippen molar-refractivity contribution in [1.82, 2.24) is 18.3 Å². The molecule has 428 valence electrons. The summed E-state index contributed by atoms with van der Waals surface area (Å²) in [6.45, 7) is 8.25. The maximum absolute atomic E-state index is 15.0. The van der Waals surface area contributed by atoms with Crippen molar-refractivity contribution in [3.63, 3.8) is 0 Å². The number of rotatable bonds is 6. The number of hydrogen-bond donors (Lipinski definition) is 0. The summed E-state index contributed by atoms with van der Waals surface area (Å²) in [5.41, 5.74) is 18.4. The van der Waals surface area contributed by atoms with Crippen molar-refractivity contribution in [2.75, 3.05) is 0 Å². The average molecular weight is 1170 g/mol. The summed E-state index contributed by atoms with van der Waals surface area (Å²) in [5.74, 6) is 0. The Kier molecular flexibility index (Phi) is 12.9. The van der Waals surface area contributed by atoms with E-state index in [-0.39, 0.29) is 0 Å². The predicted molar refractivity (Wildman–Crippen MR) is 359 cm³/mol. The van der Waals surface area contributed by atoms with Gasteiger partial charge in [-0.1, -0.05) is 144 Å². The summed E-state index contributed by atoms with van der Waals surface area (Å²) in [5, 5.41) is 38.7. The molecule has 16 aromatic rings. The SMILES string of the molecule is Cc1ccc2c(c1)c1ccccc1n2-c1cc(C#N)cc(-n2c3ccccc3c3cc(C)ccc32)c1-c1cccc(C#N)c1.Cc1ccc2c(c1)c1ccccc1n2-c1cc(C(F)(F)F)cc(-n2c3ccccc3c3cc(C)ccc32)c1-c1cccc(C#N)c1. The van der Waals surface area contributed by atoms with Gasteiger partial charge in [0, 0.05) is 54.2 Å². The van der Waals surface area contributed by atoms with Gasteiger partial charge in [0.15, 0.2) is 0 Å². The highest BCUT2D eigenvalue weighted by molar-refractivity contribution is 6.14. The van der Waals surface area contributed by atoms with Gasteiger partial charge in [-0.3, -0.25) is 0 Å². The minimum absolute atomic E-state index is 0.382. The summed E-state index contributed by atoms with van der Waals surface area (Å²) in [7, 11) is 0. The van der Waals surface area contributed by atoms with Gasteiger partial charge in [-0.25, -0.2) is 0 Å². The third-order valence-corrected chi connectivity index (χ3v) is 17.5. The van der Waals surface area contributed by atoms with Crippen LogP contribution in [0.4, 0.5) is 13.2 Å². The molecular weight excluding hydrogens is 1120 g/mol. The molecule has 0 spiro atoms. The molecule has 10 heteroatoms. The number of hydrogen-bond acceptors (Lipinski definition) is 3. The fourth-order valence-electron chi connectivity index (χ4n) is 13.6. The summed E-state index contributed by atoms with van der Waals surface area (Å²) in [6.07, 6.45) is -4.62. The Morgan fingerprint density at radius 3 is 0.844 bits per heavy atom. The molecule has 0 fully saturated rings. The summed E-state index contributed by atoms with van der Waals surface area (Å²) >= 11 is 0. The molecule has 4 heterocycles. The van der Waals surface area contributed by atoms with Gasteiger partial charge in [0.1, 0.15) is 0 Å². The van der Waals surface area contributed by atoms with Crippen molar-refractivity contribution in [3.8, 4) is 63.2 Å². The van der Waals surface area contributed by atoms with Gasteiger partial charge in [-0.15, -0.1) is 0 Å². The molecule has 0 saturated carbocycles. The smallest absolute Gasteiger partial charge is 0.309 e. The lowest BCUT2D eigenvalue weighted by atomic mass is 9.96. The third-order valence-electron chi connectivity index (χ3n) is 17.5. The van der Waals surface area contributed by atoms with E-state index in [1.54, 1.807) is 18.2 Å². The number of aromatic nitrogens is 4. The van der Waals surface area contributed by atoms with Gasteiger partial charge in [-0.2, -0.15) is 29.0 Å². The number of alkyl halides is 3. The molecule has 7 nitrogen and oxygen atoms in total. The zero-order chi connectivity index (χ0) is 61.7. The molecule has 0 aliphatic heterocycles. The Morgan fingerprint density at radius 1 is 0.278 bits per heavy atom. The van der Waals surface area contributed by atoms with Crippen LogP contribution in [0.1, 0.15) is 44.5 Å². The van der Waals surface area contributed by atoms with E-state index in [0.717, 1.165) is 121 Å². The minimum Gasteiger partial charge on any atom is -0.309 e. The van der Waals surface area contributed by atoms with Gasteiger partial charge in [0.2, 0.25) is 0 Å². The standard InChI is InChI=1S/C40H26F3N3.C40H26N4/c1-24-14-16-35-31(18-24)29-10-3-5-12-33(29)45(35)37-21-28(40(41,42)43)22-38(39(37)27-9-7-8-26(20-27)23-44)46-34-13-6-4-11-30(34)32-19-25(2)15-17-36(32)46;1-25-14-16-36-32(18-25)30-10-3-5-12-34(30)43(36)38-21-28(24-42)22-39(40(38)29-9-7-8-27(20-29)23-41)44-35-13-6-4-11-31(35)33-19-26(2)15-17-37(33)44/h3-22H,1-2H3;3-22H,1-2H3. The minimum atomic E-state index is -4.62. The van der Waals surface area contributed by atoms with E-state index in [4.69, 9.17) is 0 Å². The van der Waals surface area contributed by atoms with E-state index in [2.05, 4.69) is 144 Å². The van der Waals surface area contributed by atoms with Crippen LogP contribution in [0.15, 0.2) is 243 Å². The van der Waals surface area contributed by atoms with Gasteiger partial charge >= 0.3 is 6.18 Å². The number of halogens is 3. The lowest BCUT2D eigenvalue weighted by Gasteiger charge is -2.23. The second-order valence-corrected chi connectivity index (χ2v) is 23.3. The van der Waals surface area contributed by atoms with Gasteiger partial charge in [0.25, 0.3) is 0 Å². The number of nitrogens with zero attached hydrogens (tertiary/aromatic N) is 7. The summed E-state index contributed by atoms with van der Waals surface area (Å²) < 4.78 is 53.4. The molecule has 0 aliphatic rings. The number of fused-ring (bicyclic) bond motifs is 12. The van der Waals surface area contributed by atoms with E-state index >= 15 is 0 Å². The highest BCUT2D eigenvalue weighted by Gasteiger charge is 2.35. The molecule has 0 aliphatic carbocycles. The zero-order valence-electron chi connectivity index (χ0n) is 49.4. The first kappa shape index (κ1) is 54.7. The van der Waals surface area contributed by atoms with Crippen LogP contribution >= 0.6 is 0 Å². The summed E-state index contributed by atoms with van der Waals surface area (Å²) in [6, 6.07) is 86.0. The highest BCUT2D eigenvalue weighted by atomic mass is 19.4. The maximum atomic E-state index is 15.0. The fourth-order valence-corrected chi connectivity index (χ4v) is 13.6. The van der Waals surface area contributed by atoms with Crippen LogP contribution < -0.4 is 0 Å². The molecule has 0 N–H and O–H groups in total. The molecule has 4 aromatic heterocycles. The van der Waals surface area contributed by atoms with Crippen molar-refractivity contribution in [2.45, 2.75) is 33.9 Å². The number of para-hydroxylation sites is 4. The molecule has 0 atom stereocenters. The molecule has 0 saturated heterocycles. The molecule has 16 rings (SSSR count). The zero-order valence-corrected chi connectivity index (χ0v) is 49.4. The first-order valence-corrected chi connectivity index (χ1v) is 29.6. The highest BCUT2D eigenvalue weighted by Crippen LogP contribution is 2.47. The molecule has 0 unspecified atom stereocenters. The first-order valence-electron chi connectivity index (χ1n) is 29.6. The van der Waals surface area contributed by atoms with Gasteiger partial charge < -0.3 is 18.3 Å². The molecule has 0 bridgehead atoms. The molecule has 0 radical (unpaired) electrons. The topological polar surface area (TPSA) is 91.1 Å². The van der Waals surface area contributed by atoms with E-state index in [9.17, 15) is 29.0 Å². The number of nitriles is 3. The van der Waals surface area contributed by atoms with Gasteiger partial charge in [-0.05, 0) is 160 Å². The normalized spacial score (nSPS) is 11.7. The van der Waals surface area contributed by atoms with Crippen molar-refractivity contribution >= 4 is 87.2 Å². The molecule has 12 aromatic carbocycles. The van der Waals surface area contributed by atoms with E-state index in [0.29, 0.717) is 39.2 Å². The number of aryl methyl sites for hydroxylation is 4. The van der Waals surface area contributed by atoms with Crippen LogP contribution in [-0.4, -0.2) is 18.3 Å². The predicted octanol–water partition coefficient (Wildman–Crippen LogP) is 21.0. The van der Waals surface area contributed by atoms with E-state index in [1.165, 1.54) is 23.3 Å². The van der Waals surface area contributed by atoms with Crippen molar-refractivity contribution in [1.29, 1.82) is 15.8 Å². The van der Waals surface area contributed by atoms with E-state index in [1.807, 2.05) is 132 Å². The molecular formula is C80H52F3N7. The first-order chi connectivity index (χ1) is 43.8. The Labute approximate surface area is 516 Å².